The van der Waals surface area contributed by atoms with E-state index in [1.165, 1.54) is 7.11 Å². The molecule has 0 bridgehead atoms. The molecule has 1 aromatic carbocycles. The van der Waals surface area contributed by atoms with Gasteiger partial charge in [0.25, 0.3) is 8.32 Å². The van der Waals surface area contributed by atoms with Crippen LogP contribution in [0.15, 0.2) is 24.3 Å². The van der Waals surface area contributed by atoms with E-state index in [9.17, 15) is 4.79 Å². The molecule has 1 rings (SSSR count). The zero-order valence-corrected chi connectivity index (χ0v) is 15.3. The molecule has 0 aliphatic rings. The number of ether oxygens (including phenoxy) is 1. The molecule has 3 nitrogen and oxygen atoms in total. The Hall–Kier alpha value is -1.29. The monoisotopic (exact) mass is 308 g/mol. The third-order valence-electron chi connectivity index (χ3n) is 4.29. The molecule has 0 radical (unpaired) electrons. The Morgan fingerprint density at radius 2 is 1.43 bits per heavy atom. The first-order valence-corrected chi connectivity index (χ1v) is 9.77. The van der Waals surface area contributed by atoms with Gasteiger partial charge in [-0.2, -0.15) is 0 Å². The van der Waals surface area contributed by atoms with Crippen LogP contribution in [0.25, 0.3) is 0 Å². The van der Waals surface area contributed by atoms with Gasteiger partial charge < -0.3 is 9.16 Å². The average molecular weight is 308 g/mol. The number of rotatable bonds is 6. The second-order valence-corrected chi connectivity index (χ2v) is 11.8. The van der Waals surface area contributed by atoms with Gasteiger partial charge in [-0.1, -0.05) is 53.7 Å². The average Bonchev–Trinajstić information content (AvgIpc) is 2.43. The van der Waals surface area contributed by atoms with Gasteiger partial charge in [0.1, 0.15) is 11.3 Å². The van der Waals surface area contributed by atoms with Crippen molar-refractivity contribution in [1.82, 2.24) is 0 Å². The highest BCUT2D eigenvalue weighted by Crippen LogP contribution is 2.43. The van der Waals surface area contributed by atoms with Gasteiger partial charge >= 0.3 is 5.97 Å². The molecule has 0 aromatic heterocycles. The standard InChI is InChI=1S/C17H28O3Si/c1-12(2)21(13(3)4,14(5)6)20-16-11-9-8-10-15(16)17(18)19-7/h8-14H,1-7H3. The molecule has 21 heavy (non-hydrogen) atoms. The van der Waals surface area contributed by atoms with Crippen molar-refractivity contribution in [3.63, 3.8) is 0 Å². The van der Waals surface area contributed by atoms with Crippen LogP contribution in [0.3, 0.4) is 0 Å². The third-order valence-corrected chi connectivity index (χ3v) is 10.3. The molecule has 0 aliphatic heterocycles. The van der Waals surface area contributed by atoms with Gasteiger partial charge in [0, 0.05) is 0 Å². The number of carbonyl (C=O) groups is 1. The van der Waals surface area contributed by atoms with Gasteiger partial charge in [0.15, 0.2) is 0 Å². The van der Waals surface area contributed by atoms with E-state index in [2.05, 4.69) is 41.5 Å². The Kier molecular flexibility index (Phi) is 6.02. The Morgan fingerprint density at radius 1 is 0.952 bits per heavy atom. The highest BCUT2D eigenvalue weighted by molar-refractivity contribution is 6.78. The summed E-state index contributed by atoms with van der Waals surface area (Å²) < 4.78 is 11.4. The lowest BCUT2D eigenvalue weighted by molar-refractivity contribution is 0.0598. The van der Waals surface area contributed by atoms with Crippen LogP contribution in [-0.4, -0.2) is 21.4 Å². The number of hydrogen-bond donors (Lipinski definition) is 0. The van der Waals surface area contributed by atoms with E-state index in [1.807, 2.05) is 18.2 Å². The zero-order chi connectivity index (χ0) is 16.2. The van der Waals surface area contributed by atoms with Crippen LogP contribution in [0.5, 0.6) is 5.75 Å². The normalized spacial score (nSPS) is 12.1. The van der Waals surface area contributed by atoms with Crippen molar-refractivity contribution < 1.29 is 14.0 Å². The largest absolute Gasteiger partial charge is 0.542 e. The highest BCUT2D eigenvalue weighted by atomic mass is 28.4. The summed E-state index contributed by atoms with van der Waals surface area (Å²) in [6.07, 6.45) is 0. The van der Waals surface area contributed by atoms with Gasteiger partial charge in [0.2, 0.25) is 0 Å². The minimum Gasteiger partial charge on any atom is -0.542 e. The molecule has 4 heteroatoms. The smallest absolute Gasteiger partial charge is 0.341 e. The molecule has 0 unspecified atom stereocenters. The first-order valence-electron chi connectivity index (χ1n) is 7.63. The highest BCUT2D eigenvalue weighted by Gasteiger charge is 2.47. The molecule has 0 spiro atoms. The molecule has 118 valence electrons. The molecule has 0 saturated carbocycles. The number of carbonyl (C=O) groups excluding carboxylic acids is 1. The van der Waals surface area contributed by atoms with E-state index >= 15 is 0 Å². The Balaban J connectivity index is 3.31. The third kappa shape index (κ3) is 3.49. The maximum atomic E-state index is 11.9. The first-order chi connectivity index (χ1) is 9.77. The van der Waals surface area contributed by atoms with Gasteiger partial charge in [-0.25, -0.2) is 4.79 Å². The van der Waals surface area contributed by atoms with E-state index in [0.717, 1.165) is 0 Å². The summed E-state index contributed by atoms with van der Waals surface area (Å²) in [5.41, 5.74) is 1.90. The van der Waals surface area contributed by atoms with Gasteiger partial charge in [0.05, 0.1) is 7.11 Å². The molecular weight excluding hydrogens is 280 g/mol. The molecule has 0 saturated heterocycles. The minimum absolute atomic E-state index is 0.343. The predicted octanol–water partition coefficient (Wildman–Crippen LogP) is 5.03. The zero-order valence-electron chi connectivity index (χ0n) is 14.3. The fraction of sp³-hybridized carbons (Fsp3) is 0.588. The van der Waals surface area contributed by atoms with Crippen LogP contribution >= 0.6 is 0 Å². The van der Waals surface area contributed by atoms with Gasteiger partial charge in [-0.15, -0.1) is 0 Å². The number of hydrogen-bond acceptors (Lipinski definition) is 3. The maximum Gasteiger partial charge on any atom is 0.341 e. The Labute approximate surface area is 129 Å². The van der Waals surface area contributed by atoms with Crippen molar-refractivity contribution in [2.45, 2.75) is 58.2 Å². The van der Waals surface area contributed by atoms with Gasteiger partial charge in [-0.05, 0) is 28.8 Å². The molecular formula is C17H28O3Si. The fourth-order valence-corrected chi connectivity index (χ4v) is 8.64. The van der Waals surface area contributed by atoms with Crippen molar-refractivity contribution in [2.75, 3.05) is 7.11 Å². The first kappa shape index (κ1) is 17.8. The number of methoxy groups -OCH3 is 1. The van der Waals surface area contributed by atoms with Crippen LogP contribution in [-0.2, 0) is 4.74 Å². The molecule has 0 heterocycles. The predicted molar refractivity (Wildman–Crippen MR) is 89.5 cm³/mol. The quantitative estimate of drug-likeness (QED) is 0.546. The summed E-state index contributed by atoms with van der Waals surface area (Å²) in [5.74, 6) is 0.317. The van der Waals surface area contributed by atoms with Crippen LogP contribution in [0.4, 0.5) is 0 Å². The number of esters is 1. The lowest BCUT2D eigenvalue weighted by Crippen LogP contribution is -2.51. The Morgan fingerprint density at radius 3 is 1.86 bits per heavy atom. The van der Waals surface area contributed by atoms with Crippen molar-refractivity contribution >= 4 is 14.3 Å². The van der Waals surface area contributed by atoms with E-state index in [0.29, 0.717) is 27.9 Å². The summed E-state index contributed by atoms with van der Waals surface area (Å²) in [6.45, 7) is 13.4. The lowest BCUT2D eigenvalue weighted by atomic mass is 10.2. The SMILES string of the molecule is COC(=O)c1ccccc1O[Si](C(C)C)(C(C)C)C(C)C. The van der Waals surface area contributed by atoms with Crippen LogP contribution < -0.4 is 4.43 Å². The second-order valence-electron chi connectivity index (χ2n) is 6.41. The van der Waals surface area contributed by atoms with E-state index in [-0.39, 0.29) is 5.97 Å². The molecule has 1 aromatic rings. The summed E-state index contributed by atoms with van der Waals surface area (Å²) >= 11 is 0. The maximum absolute atomic E-state index is 11.9. The van der Waals surface area contributed by atoms with Crippen molar-refractivity contribution in [3.05, 3.63) is 29.8 Å². The second kappa shape index (κ2) is 7.12. The molecule has 0 aliphatic carbocycles. The van der Waals surface area contributed by atoms with E-state index in [4.69, 9.17) is 9.16 Å². The summed E-state index contributed by atoms with van der Waals surface area (Å²) in [7, 11) is -0.666. The lowest BCUT2D eigenvalue weighted by Gasteiger charge is -2.42. The van der Waals surface area contributed by atoms with Crippen molar-refractivity contribution in [1.29, 1.82) is 0 Å². The van der Waals surface area contributed by atoms with E-state index in [1.54, 1.807) is 6.07 Å². The topological polar surface area (TPSA) is 35.5 Å². The number of para-hydroxylation sites is 1. The molecule has 0 N–H and O–H groups in total. The summed E-state index contributed by atoms with van der Waals surface area (Å²) in [5, 5.41) is 0. The molecule has 0 fully saturated rings. The number of benzene rings is 1. The van der Waals surface area contributed by atoms with E-state index < -0.39 is 8.32 Å². The van der Waals surface area contributed by atoms with Crippen molar-refractivity contribution in [2.24, 2.45) is 0 Å². The van der Waals surface area contributed by atoms with Crippen LogP contribution in [0.2, 0.25) is 16.6 Å². The van der Waals surface area contributed by atoms with Crippen LogP contribution in [0.1, 0.15) is 51.9 Å². The fourth-order valence-electron chi connectivity index (χ4n) is 3.38. The minimum atomic E-state index is -2.07. The molecule has 0 atom stereocenters. The molecule has 0 amide bonds. The van der Waals surface area contributed by atoms with Crippen molar-refractivity contribution in [3.8, 4) is 5.75 Å². The summed E-state index contributed by atoms with van der Waals surface area (Å²) in [4.78, 5) is 11.9. The summed E-state index contributed by atoms with van der Waals surface area (Å²) in [6, 6.07) is 7.38. The Bertz CT molecular complexity index is 459. The van der Waals surface area contributed by atoms with Gasteiger partial charge in [-0.3, -0.25) is 0 Å². The van der Waals surface area contributed by atoms with Crippen LogP contribution in [0, 0.1) is 0 Å².